The molecule has 0 aliphatic rings. The highest BCUT2D eigenvalue weighted by Gasteiger charge is 2.19. The van der Waals surface area contributed by atoms with Crippen molar-refractivity contribution in [1.29, 1.82) is 5.26 Å². The van der Waals surface area contributed by atoms with Gasteiger partial charge < -0.3 is 10.2 Å². The number of fused-ring (bicyclic) bond motifs is 1. The second-order valence-corrected chi connectivity index (χ2v) is 4.92. The second-order valence-electron chi connectivity index (χ2n) is 4.92. The van der Waals surface area contributed by atoms with Crippen molar-refractivity contribution in [3.05, 3.63) is 48.6 Å². The largest absolute Gasteiger partial charge is 0.422 e. The van der Waals surface area contributed by atoms with Crippen LogP contribution in [0.2, 0.25) is 0 Å². The van der Waals surface area contributed by atoms with E-state index >= 15 is 0 Å². The molecule has 0 bridgehead atoms. The molecule has 0 aliphatic carbocycles. The van der Waals surface area contributed by atoms with Gasteiger partial charge in [0.05, 0.1) is 5.52 Å². The molecule has 24 heavy (non-hydrogen) atoms. The van der Waals surface area contributed by atoms with Gasteiger partial charge in [0.15, 0.2) is 17.2 Å². The molecule has 8 heteroatoms. The molecule has 0 radical (unpaired) electrons. The number of anilines is 1. The van der Waals surface area contributed by atoms with Crippen molar-refractivity contribution >= 4 is 16.7 Å². The van der Waals surface area contributed by atoms with E-state index in [2.05, 4.69) is 25.1 Å². The standard InChI is InChI=1S/C16H9N7O/c17-7-12-15(18)22-14(16-23-20-8-24-16)13(21-12)10-3-4-11-9(6-10)2-1-5-19-11/h1-6,8H,(H2,18,22). The number of hydrogen-bond acceptors (Lipinski definition) is 8. The van der Waals surface area contributed by atoms with Crippen LogP contribution >= 0.6 is 0 Å². The van der Waals surface area contributed by atoms with Gasteiger partial charge >= 0.3 is 0 Å². The van der Waals surface area contributed by atoms with Gasteiger partial charge in [-0.15, -0.1) is 10.2 Å². The van der Waals surface area contributed by atoms with E-state index in [1.165, 1.54) is 6.39 Å². The minimum Gasteiger partial charge on any atom is -0.422 e. The van der Waals surface area contributed by atoms with E-state index in [0.717, 1.165) is 16.5 Å². The monoisotopic (exact) mass is 315 g/mol. The Morgan fingerprint density at radius 1 is 1.12 bits per heavy atom. The smallest absolute Gasteiger partial charge is 0.268 e. The van der Waals surface area contributed by atoms with Crippen LogP contribution in [0.15, 0.2) is 47.3 Å². The molecule has 3 aromatic heterocycles. The maximum atomic E-state index is 9.19. The van der Waals surface area contributed by atoms with E-state index in [4.69, 9.17) is 10.2 Å². The first-order chi connectivity index (χ1) is 11.8. The van der Waals surface area contributed by atoms with Crippen molar-refractivity contribution in [2.75, 3.05) is 5.73 Å². The number of nitrogens with two attached hydrogens (primary N) is 1. The highest BCUT2D eigenvalue weighted by Crippen LogP contribution is 2.30. The number of benzene rings is 1. The van der Waals surface area contributed by atoms with Gasteiger partial charge in [-0.25, -0.2) is 9.97 Å². The van der Waals surface area contributed by atoms with Crippen LogP contribution < -0.4 is 5.73 Å². The number of nitriles is 1. The third-order valence-electron chi connectivity index (χ3n) is 3.47. The fraction of sp³-hybridized carbons (Fsp3) is 0. The molecule has 0 fully saturated rings. The molecule has 114 valence electrons. The zero-order valence-corrected chi connectivity index (χ0v) is 12.2. The Morgan fingerprint density at radius 3 is 2.83 bits per heavy atom. The van der Waals surface area contributed by atoms with Crippen molar-refractivity contribution in [2.24, 2.45) is 0 Å². The molecule has 4 aromatic rings. The summed E-state index contributed by atoms with van der Waals surface area (Å²) in [4.78, 5) is 12.8. The average molecular weight is 315 g/mol. The number of nitrogens with zero attached hydrogens (tertiary/aromatic N) is 6. The van der Waals surface area contributed by atoms with Crippen molar-refractivity contribution < 1.29 is 4.42 Å². The van der Waals surface area contributed by atoms with Gasteiger partial charge in [0.1, 0.15) is 11.8 Å². The minimum atomic E-state index is 0.0110. The number of pyridine rings is 1. The molecule has 2 N–H and O–H groups in total. The molecule has 0 unspecified atom stereocenters. The molecule has 3 heterocycles. The van der Waals surface area contributed by atoms with Crippen LogP contribution in [0.1, 0.15) is 5.69 Å². The van der Waals surface area contributed by atoms with Crippen molar-refractivity contribution in [2.45, 2.75) is 0 Å². The van der Waals surface area contributed by atoms with E-state index in [0.29, 0.717) is 11.4 Å². The summed E-state index contributed by atoms with van der Waals surface area (Å²) >= 11 is 0. The first-order valence-electron chi connectivity index (χ1n) is 6.95. The van der Waals surface area contributed by atoms with Crippen LogP contribution in [0, 0.1) is 11.3 Å². The highest BCUT2D eigenvalue weighted by molar-refractivity contribution is 5.86. The fourth-order valence-corrected chi connectivity index (χ4v) is 2.38. The summed E-state index contributed by atoms with van der Waals surface area (Å²) in [6.07, 6.45) is 2.92. The molecule has 0 saturated carbocycles. The van der Waals surface area contributed by atoms with Crippen LogP contribution in [-0.2, 0) is 0 Å². The predicted molar refractivity (Wildman–Crippen MR) is 85.2 cm³/mol. The topological polar surface area (TPSA) is 127 Å². The summed E-state index contributed by atoms with van der Waals surface area (Å²) in [5.41, 5.74) is 8.18. The van der Waals surface area contributed by atoms with Crippen LogP contribution in [0.3, 0.4) is 0 Å². The summed E-state index contributed by atoms with van der Waals surface area (Å²) in [6.45, 7) is 0. The van der Waals surface area contributed by atoms with Crippen LogP contribution in [0.25, 0.3) is 33.7 Å². The Balaban J connectivity index is 2.00. The van der Waals surface area contributed by atoms with E-state index in [1.54, 1.807) is 6.20 Å². The molecule has 0 spiro atoms. The number of rotatable bonds is 2. The predicted octanol–water partition coefficient (Wildman–Crippen LogP) is 2.20. The third-order valence-corrected chi connectivity index (χ3v) is 3.47. The summed E-state index contributed by atoms with van der Waals surface area (Å²) in [5, 5.41) is 17.6. The Bertz CT molecular complexity index is 1080. The average Bonchev–Trinajstić information content (AvgIpc) is 3.15. The maximum Gasteiger partial charge on any atom is 0.268 e. The highest BCUT2D eigenvalue weighted by atomic mass is 16.4. The van der Waals surface area contributed by atoms with E-state index in [-0.39, 0.29) is 17.4 Å². The Kier molecular flexibility index (Phi) is 3.10. The van der Waals surface area contributed by atoms with Crippen molar-refractivity contribution in [1.82, 2.24) is 25.1 Å². The first kappa shape index (κ1) is 13.8. The second kappa shape index (κ2) is 5.40. The number of nitrogen functional groups attached to an aromatic ring is 1. The number of hydrogen-bond donors (Lipinski definition) is 1. The lowest BCUT2D eigenvalue weighted by Crippen LogP contribution is -2.03. The quantitative estimate of drug-likeness (QED) is 0.596. The summed E-state index contributed by atoms with van der Waals surface area (Å²) in [6, 6.07) is 11.3. The summed E-state index contributed by atoms with van der Waals surface area (Å²) in [5.74, 6) is 0.192. The lowest BCUT2D eigenvalue weighted by molar-refractivity contribution is 0.566. The van der Waals surface area contributed by atoms with E-state index in [9.17, 15) is 5.26 Å². The molecule has 4 rings (SSSR count). The third kappa shape index (κ3) is 2.21. The van der Waals surface area contributed by atoms with E-state index in [1.807, 2.05) is 36.4 Å². The number of aromatic nitrogens is 5. The molecule has 0 saturated heterocycles. The molecule has 1 aromatic carbocycles. The van der Waals surface area contributed by atoms with Gasteiger partial charge in [0, 0.05) is 17.1 Å². The normalized spacial score (nSPS) is 10.6. The fourth-order valence-electron chi connectivity index (χ4n) is 2.38. The lowest BCUT2D eigenvalue weighted by Gasteiger charge is -2.08. The molecular weight excluding hydrogens is 306 g/mol. The summed E-state index contributed by atoms with van der Waals surface area (Å²) < 4.78 is 5.22. The van der Waals surface area contributed by atoms with Gasteiger partial charge in [0.2, 0.25) is 6.39 Å². The zero-order chi connectivity index (χ0) is 16.5. The Hall–Kier alpha value is -3.86. The first-order valence-corrected chi connectivity index (χ1v) is 6.95. The molecule has 0 aliphatic heterocycles. The zero-order valence-electron chi connectivity index (χ0n) is 12.2. The Labute approximate surface area is 135 Å². The van der Waals surface area contributed by atoms with E-state index < -0.39 is 0 Å². The van der Waals surface area contributed by atoms with Crippen LogP contribution in [0.4, 0.5) is 5.82 Å². The van der Waals surface area contributed by atoms with Gasteiger partial charge in [-0.3, -0.25) is 4.98 Å². The van der Waals surface area contributed by atoms with Crippen molar-refractivity contribution in [3.8, 4) is 28.9 Å². The Morgan fingerprint density at radius 2 is 2.04 bits per heavy atom. The molecular formula is C16H9N7O. The van der Waals surface area contributed by atoms with Crippen molar-refractivity contribution in [3.63, 3.8) is 0 Å². The van der Waals surface area contributed by atoms with Gasteiger partial charge in [-0.05, 0) is 18.2 Å². The van der Waals surface area contributed by atoms with Crippen LogP contribution in [-0.4, -0.2) is 25.1 Å². The summed E-state index contributed by atoms with van der Waals surface area (Å²) in [7, 11) is 0. The van der Waals surface area contributed by atoms with Gasteiger partial charge in [0.25, 0.3) is 5.89 Å². The van der Waals surface area contributed by atoms with Gasteiger partial charge in [-0.1, -0.05) is 12.1 Å². The SMILES string of the molecule is N#Cc1nc(-c2ccc3ncccc3c2)c(-c2nnco2)nc1N. The molecule has 0 atom stereocenters. The minimum absolute atomic E-state index is 0.0110. The van der Waals surface area contributed by atoms with Crippen LogP contribution in [0.5, 0.6) is 0 Å². The lowest BCUT2D eigenvalue weighted by atomic mass is 10.1. The van der Waals surface area contributed by atoms with Gasteiger partial charge in [-0.2, -0.15) is 5.26 Å². The molecule has 8 nitrogen and oxygen atoms in total. The maximum absolute atomic E-state index is 9.19. The molecule has 0 amide bonds.